The van der Waals surface area contributed by atoms with Gasteiger partial charge in [0.1, 0.15) is 0 Å². The molecular formula is C21H33N3O3S. The second-order valence-corrected chi connectivity index (χ2v) is 9.92. The Labute approximate surface area is 169 Å². The van der Waals surface area contributed by atoms with Gasteiger partial charge in [-0.15, -0.1) is 0 Å². The molecular weight excluding hydrogens is 374 g/mol. The summed E-state index contributed by atoms with van der Waals surface area (Å²) in [5, 5.41) is 3.06. The molecule has 0 radical (unpaired) electrons. The van der Waals surface area contributed by atoms with Gasteiger partial charge in [0.2, 0.25) is 15.9 Å². The molecule has 1 aromatic carbocycles. The van der Waals surface area contributed by atoms with E-state index < -0.39 is 16.1 Å². The molecule has 1 saturated heterocycles. The maximum Gasteiger partial charge on any atom is 0.241 e. The fourth-order valence-electron chi connectivity index (χ4n) is 4.54. The lowest BCUT2D eigenvalue weighted by molar-refractivity contribution is -0.123. The van der Waals surface area contributed by atoms with Crippen LogP contribution in [0, 0.1) is 0 Å². The van der Waals surface area contributed by atoms with Crippen LogP contribution in [0.3, 0.4) is 0 Å². The van der Waals surface area contributed by atoms with Crippen LogP contribution >= 0.6 is 0 Å². The Morgan fingerprint density at radius 2 is 1.64 bits per heavy atom. The first-order chi connectivity index (χ1) is 13.4. The molecule has 1 unspecified atom stereocenters. The van der Waals surface area contributed by atoms with E-state index in [4.69, 9.17) is 0 Å². The molecule has 2 N–H and O–H groups in total. The summed E-state index contributed by atoms with van der Waals surface area (Å²) >= 11 is 0. The van der Waals surface area contributed by atoms with Crippen molar-refractivity contribution in [2.24, 2.45) is 0 Å². The Morgan fingerprint density at radius 1 is 1.04 bits per heavy atom. The summed E-state index contributed by atoms with van der Waals surface area (Å²) in [7, 11) is -3.70. The maximum absolute atomic E-state index is 12.7. The van der Waals surface area contributed by atoms with Gasteiger partial charge in [-0.25, -0.2) is 8.42 Å². The average Bonchev–Trinajstić information content (AvgIpc) is 2.73. The Morgan fingerprint density at radius 3 is 2.29 bits per heavy atom. The van der Waals surface area contributed by atoms with Crippen molar-refractivity contribution in [3.8, 4) is 0 Å². The van der Waals surface area contributed by atoms with Crippen molar-refractivity contribution >= 4 is 15.9 Å². The number of sulfonamides is 1. The third-order valence-corrected chi connectivity index (χ3v) is 7.74. The van der Waals surface area contributed by atoms with Gasteiger partial charge in [0.25, 0.3) is 0 Å². The molecule has 1 aromatic rings. The highest BCUT2D eigenvalue weighted by atomic mass is 32.2. The van der Waals surface area contributed by atoms with Crippen molar-refractivity contribution in [1.29, 1.82) is 0 Å². The van der Waals surface area contributed by atoms with Gasteiger partial charge in [0.15, 0.2) is 0 Å². The predicted molar refractivity (Wildman–Crippen MR) is 110 cm³/mol. The lowest BCUT2D eigenvalue weighted by atomic mass is 9.79. The van der Waals surface area contributed by atoms with Crippen molar-refractivity contribution in [1.82, 2.24) is 14.9 Å². The molecule has 1 heterocycles. The molecule has 7 heteroatoms. The van der Waals surface area contributed by atoms with E-state index in [1.807, 2.05) is 0 Å². The third-order valence-electron chi connectivity index (χ3n) is 6.18. The molecule has 1 aliphatic heterocycles. The normalized spacial score (nSPS) is 21.8. The van der Waals surface area contributed by atoms with Crippen LogP contribution in [0.2, 0.25) is 0 Å². The Kier molecular flexibility index (Phi) is 7.12. The molecule has 156 valence electrons. The van der Waals surface area contributed by atoms with Crippen LogP contribution in [0.4, 0.5) is 0 Å². The van der Waals surface area contributed by atoms with Crippen LogP contribution in [-0.4, -0.2) is 50.4 Å². The Hall–Kier alpha value is -1.44. The summed E-state index contributed by atoms with van der Waals surface area (Å²) in [4.78, 5) is 15.4. The summed E-state index contributed by atoms with van der Waals surface area (Å²) in [6, 6.07) is 7.35. The fourth-order valence-corrected chi connectivity index (χ4v) is 5.77. The highest BCUT2D eigenvalue weighted by molar-refractivity contribution is 7.89. The van der Waals surface area contributed by atoms with Crippen LogP contribution < -0.4 is 10.0 Å². The van der Waals surface area contributed by atoms with Crippen molar-refractivity contribution in [3.05, 3.63) is 30.3 Å². The van der Waals surface area contributed by atoms with Gasteiger partial charge in [0.05, 0.1) is 10.9 Å². The van der Waals surface area contributed by atoms with Crippen LogP contribution in [0.25, 0.3) is 0 Å². The van der Waals surface area contributed by atoms with Crippen molar-refractivity contribution < 1.29 is 13.2 Å². The van der Waals surface area contributed by atoms with Crippen LogP contribution in [0.1, 0.15) is 58.3 Å². The molecule has 1 amide bonds. The molecule has 2 fully saturated rings. The highest BCUT2D eigenvalue weighted by Crippen LogP contribution is 2.35. The summed E-state index contributed by atoms with van der Waals surface area (Å²) < 4.78 is 27.4. The maximum atomic E-state index is 12.7. The summed E-state index contributed by atoms with van der Waals surface area (Å²) in [6.07, 6.45) is 9.61. The lowest BCUT2D eigenvalue weighted by Crippen LogP contribution is -2.59. The topological polar surface area (TPSA) is 78.5 Å². The number of rotatable bonds is 7. The minimum atomic E-state index is -3.70. The highest BCUT2D eigenvalue weighted by Gasteiger charge is 2.39. The van der Waals surface area contributed by atoms with Gasteiger partial charge < -0.3 is 5.32 Å². The number of carbonyl (C=O) groups excluding carboxylic acids is 1. The van der Waals surface area contributed by atoms with E-state index in [0.717, 1.165) is 25.9 Å². The van der Waals surface area contributed by atoms with E-state index in [9.17, 15) is 13.2 Å². The Balaban J connectivity index is 1.61. The quantitative estimate of drug-likeness (QED) is 0.728. The number of hydrogen-bond acceptors (Lipinski definition) is 4. The third kappa shape index (κ3) is 5.13. The van der Waals surface area contributed by atoms with E-state index in [1.54, 1.807) is 25.1 Å². The molecule has 2 aliphatic rings. The first-order valence-corrected chi connectivity index (χ1v) is 12.0. The monoisotopic (exact) mass is 407 g/mol. The molecule has 1 aliphatic carbocycles. The van der Waals surface area contributed by atoms with Crippen molar-refractivity contribution in [2.75, 3.05) is 19.6 Å². The first-order valence-electron chi connectivity index (χ1n) is 10.5. The van der Waals surface area contributed by atoms with E-state index in [-0.39, 0.29) is 16.3 Å². The van der Waals surface area contributed by atoms with Crippen LogP contribution in [0.5, 0.6) is 0 Å². The van der Waals surface area contributed by atoms with Gasteiger partial charge >= 0.3 is 0 Å². The average molecular weight is 408 g/mol. The molecule has 1 saturated carbocycles. The number of likely N-dealkylation sites (tertiary alicyclic amines) is 1. The van der Waals surface area contributed by atoms with E-state index in [1.165, 1.54) is 50.7 Å². The number of amides is 1. The van der Waals surface area contributed by atoms with E-state index in [2.05, 4.69) is 14.9 Å². The standard InChI is InChI=1S/C21H33N3O3S/c1-18(23-28(26,27)19-11-5-2-6-12-19)20(25)22-17-21(13-7-3-8-14-21)24-15-9-4-10-16-24/h2,5-6,11-12,18,23H,3-4,7-10,13-17H2,1H3,(H,22,25). The van der Waals surface area contributed by atoms with Crippen LogP contribution in [-0.2, 0) is 14.8 Å². The van der Waals surface area contributed by atoms with E-state index in [0.29, 0.717) is 6.54 Å². The second-order valence-electron chi connectivity index (χ2n) is 8.21. The molecule has 0 spiro atoms. The lowest BCUT2D eigenvalue weighted by Gasteiger charge is -2.48. The molecule has 6 nitrogen and oxygen atoms in total. The molecule has 0 aromatic heterocycles. The minimum absolute atomic E-state index is 0.0341. The largest absolute Gasteiger partial charge is 0.353 e. The number of nitrogens with one attached hydrogen (secondary N) is 2. The Bertz CT molecular complexity index is 739. The molecule has 0 bridgehead atoms. The van der Waals surface area contributed by atoms with Gasteiger partial charge in [-0.05, 0) is 57.8 Å². The zero-order valence-electron chi connectivity index (χ0n) is 16.8. The number of benzene rings is 1. The SMILES string of the molecule is CC(NS(=O)(=O)c1ccccc1)C(=O)NCC1(N2CCCCC2)CCCCC1. The van der Waals surface area contributed by atoms with Crippen LogP contribution in [0.15, 0.2) is 35.2 Å². The predicted octanol–water partition coefficient (Wildman–Crippen LogP) is 2.66. The van der Waals surface area contributed by atoms with Gasteiger partial charge in [-0.1, -0.05) is 43.9 Å². The first kappa shape index (κ1) is 21.3. The number of nitrogens with zero attached hydrogens (tertiary/aromatic N) is 1. The van der Waals surface area contributed by atoms with Gasteiger partial charge in [-0.3, -0.25) is 9.69 Å². The summed E-state index contributed by atoms with van der Waals surface area (Å²) in [6.45, 7) is 4.41. The zero-order valence-corrected chi connectivity index (χ0v) is 17.6. The fraction of sp³-hybridized carbons (Fsp3) is 0.667. The van der Waals surface area contributed by atoms with Crippen molar-refractivity contribution in [3.63, 3.8) is 0 Å². The number of carbonyl (C=O) groups is 1. The van der Waals surface area contributed by atoms with Gasteiger partial charge in [-0.2, -0.15) is 4.72 Å². The molecule has 3 rings (SSSR count). The van der Waals surface area contributed by atoms with E-state index >= 15 is 0 Å². The number of piperidine rings is 1. The zero-order chi connectivity index (χ0) is 20.0. The minimum Gasteiger partial charge on any atom is -0.353 e. The molecule has 1 atom stereocenters. The summed E-state index contributed by atoms with van der Waals surface area (Å²) in [5.41, 5.74) is 0.0341. The second kappa shape index (κ2) is 9.37. The van der Waals surface area contributed by atoms with Gasteiger partial charge in [0, 0.05) is 12.1 Å². The number of hydrogen-bond donors (Lipinski definition) is 2. The summed E-state index contributed by atoms with van der Waals surface area (Å²) in [5.74, 6) is -0.263. The molecule has 28 heavy (non-hydrogen) atoms. The smallest absolute Gasteiger partial charge is 0.241 e. The van der Waals surface area contributed by atoms with Crippen molar-refractivity contribution in [2.45, 2.75) is 74.8 Å².